The van der Waals surface area contributed by atoms with E-state index in [9.17, 15) is 4.79 Å². The van der Waals surface area contributed by atoms with E-state index < -0.39 is 5.91 Å². The van der Waals surface area contributed by atoms with Gasteiger partial charge in [0.2, 0.25) is 0 Å². The second-order valence-corrected chi connectivity index (χ2v) is 5.08. The Morgan fingerprint density at radius 3 is 2.36 bits per heavy atom. The number of carbonyl (C=O) groups excluding carboxylic acids is 1. The van der Waals surface area contributed by atoms with E-state index in [1.54, 1.807) is 12.1 Å². The second kappa shape index (κ2) is 6.44. The van der Waals surface area contributed by atoms with E-state index in [1.807, 2.05) is 24.3 Å². The summed E-state index contributed by atoms with van der Waals surface area (Å²) in [5.41, 5.74) is 6.57. The largest absolute Gasteiger partial charge is 0.456 e. The zero-order valence-electron chi connectivity index (χ0n) is 12.2. The van der Waals surface area contributed by atoms with Gasteiger partial charge in [0, 0.05) is 31.9 Å². The molecule has 0 spiro atoms. The van der Waals surface area contributed by atoms with E-state index in [0.717, 1.165) is 31.9 Å². The minimum Gasteiger partial charge on any atom is -0.456 e. The van der Waals surface area contributed by atoms with Crippen LogP contribution in [0.15, 0.2) is 42.6 Å². The number of nitrogens with zero attached hydrogens (tertiary/aromatic N) is 2. The third-order valence-electron chi connectivity index (χ3n) is 3.54. The van der Waals surface area contributed by atoms with Crippen LogP contribution in [0.2, 0.25) is 0 Å². The van der Waals surface area contributed by atoms with Gasteiger partial charge < -0.3 is 20.7 Å². The topological polar surface area (TPSA) is 80.5 Å². The monoisotopic (exact) mass is 298 g/mol. The number of benzene rings is 1. The number of piperazine rings is 1. The van der Waals surface area contributed by atoms with E-state index in [-0.39, 0.29) is 5.69 Å². The summed E-state index contributed by atoms with van der Waals surface area (Å²) in [6.45, 7) is 4.05. The molecule has 3 N–H and O–H groups in total. The Morgan fingerprint density at radius 1 is 1.09 bits per heavy atom. The first-order valence-electron chi connectivity index (χ1n) is 7.22. The minimum atomic E-state index is -0.549. The summed E-state index contributed by atoms with van der Waals surface area (Å²) in [7, 11) is 0. The fourth-order valence-corrected chi connectivity index (χ4v) is 2.37. The maximum Gasteiger partial charge on any atom is 0.267 e. The van der Waals surface area contributed by atoms with Crippen molar-refractivity contribution in [2.24, 2.45) is 5.73 Å². The van der Waals surface area contributed by atoms with Gasteiger partial charge in [0.1, 0.15) is 17.2 Å². The van der Waals surface area contributed by atoms with Gasteiger partial charge in [-0.2, -0.15) is 0 Å². The number of anilines is 1. The Morgan fingerprint density at radius 2 is 1.77 bits per heavy atom. The molecule has 6 nitrogen and oxygen atoms in total. The SMILES string of the molecule is NC(=O)c1ccc(Oc2ccc(N3CCNCC3)cc2)cn1. The second-order valence-electron chi connectivity index (χ2n) is 5.08. The van der Waals surface area contributed by atoms with E-state index >= 15 is 0 Å². The molecule has 0 saturated carbocycles. The highest BCUT2D eigenvalue weighted by Gasteiger charge is 2.10. The van der Waals surface area contributed by atoms with Gasteiger partial charge in [-0.1, -0.05) is 0 Å². The molecule has 6 heteroatoms. The summed E-state index contributed by atoms with van der Waals surface area (Å²) >= 11 is 0. The Hall–Kier alpha value is -2.60. The lowest BCUT2D eigenvalue weighted by Gasteiger charge is -2.29. The molecular formula is C16H18N4O2. The first-order chi connectivity index (χ1) is 10.7. The third kappa shape index (κ3) is 3.35. The maximum atomic E-state index is 11.0. The Bertz CT molecular complexity index is 634. The van der Waals surface area contributed by atoms with Crippen LogP contribution >= 0.6 is 0 Å². The number of rotatable bonds is 4. The highest BCUT2D eigenvalue weighted by atomic mass is 16.5. The maximum absolute atomic E-state index is 11.0. The lowest BCUT2D eigenvalue weighted by Crippen LogP contribution is -2.43. The molecule has 1 saturated heterocycles. The summed E-state index contributed by atoms with van der Waals surface area (Å²) in [5.74, 6) is 0.749. The fourth-order valence-electron chi connectivity index (χ4n) is 2.37. The lowest BCUT2D eigenvalue weighted by atomic mass is 10.2. The molecule has 114 valence electrons. The molecule has 1 aliphatic rings. The van der Waals surface area contributed by atoms with Gasteiger partial charge in [-0.15, -0.1) is 0 Å². The predicted molar refractivity (Wildman–Crippen MR) is 84.4 cm³/mol. The van der Waals surface area contributed by atoms with Crippen LogP contribution in [0.4, 0.5) is 5.69 Å². The molecular weight excluding hydrogens is 280 g/mol. The molecule has 0 aliphatic carbocycles. The molecule has 1 fully saturated rings. The van der Waals surface area contributed by atoms with Crippen molar-refractivity contribution in [2.75, 3.05) is 31.1 Å². The van der Waals surface area contributed by atoms with Crippen molar-refractivity contribution in [3.63, 3.8) is 0 Å². The highest BCUT2D eigenvalue weighted by Crippen LogP contribution is 2.24. The lowest BCUT2D eigenvalue weighted by molar-refractivity contribution is 0.0995. The summed E-state index contributed by atoms with van der Waals surface area (Å²) in [4.78, 5) is 17.3. The highest BCUT2D eigenvalue weighted by molar-refractivity contribution is 5.90. The molecule has 2 heterocycles. The van der Waals surface area contributed by atoms with Crippen molar-refractivity contribution in [2.45, 2.75) is 0 Å². The zero-order chi connectivity index (χ0) is 15.4. The van der Waals surface area contributed by atoms with Gasteiger partial charge in [0.05, 0.1) is 6.20 Å². The number of aromatic nitrogens is 1. The Kier molecular flexibility index (Phi) is 4.20. The van der Waals surface area contributed by atoms with Crippen LogP contribution < -0.4 is 20.7 Å². The average Bonchev–Trinajstić information content (AvgIpc) is 2.57. The van der Waals surface area contributed by atoms with E-state index in [2.05, 4.69) is 15.2 Å². The molecule has 0 atom stereocenters. The van der Waals surface area contributed by atoms with Crippen LogP contribution in [0.25, 0.3) is 0 Å². The van der Waals surface area contributed by atoms with Crippen LogP contribution in [0.1, 0.15) is 10.5 Å². The van der Waals surface area contributed by atoms with Crippen LogP contribution in [0.5, 0.6) is 11.5 Å². The van der Waals surface area contributed by atoms with Crippen molar-refractivity contribution in [1.29, 1.82) is 0 Å². The molecule has 1 aliphatic heterocycles. The number of primary amides is 1. The third-order valence-corrected chi connectivity index (χ3v) is 3.54. The van der Waals surface area contributed by atoms with E-state index in [1.165, 1.54) is 11.9 Å². The number of ether oxygens (including phenoxy) is 1. The molecule has 0 bridgehead atoms. The smallest absolute Gasteiger partial charge is 0.267 e. The zero-order valence-corrected chi connectivity index (χ0v) is 12.2. The molecule has 2 aromatic rings. The molecule has 3 rings (SSSR count). The summed E-state index contributed by atoms with van der Waals surface area (Å²) in [6.07, 6.45) is 1.49. The number of hydrogen-bond acceptors (Lipinski definition) is 5. The molecule has 1 aromatic heterocycles. The average molecular weight is 298 g/mol. The van der Waals surface area contributed by atoms with Crippen molar-refractivity contribution < 1.29 is 9.53 Å². The van der Waals surface area contributed by atoms with Crippen molar-refractivity contribution in [3.05, 3.63) is 48.3 Å². The quantitative estimate of drug-likeness (QED) is 0.891. The number of amides is 1. The normalized spacial score (nSPS) is 14.6. The molecule has 0 radical (unpaired) electrons. The summed E-state index contributed by atoms with van der Waals surface area (Å²) < 4.78 is 5.71. The summed E-state index contributed by atoms with van der Waals surface area (Å²) in [6, 6.07) is 11.2. The Labute approximate surface area is 128 Å². The van der Waals surface area contributed by atoms with Gasteiger partial charge in [0.15, 0.2) is 0 Å². The van der Waals surface area contributed by atoms with Crippen molar-refractivity contribution >= 4 is 11.6 Å². The molecule has 22 heavy (non-hydrogen) atoms. The number of carbonyl (C=O) groups is 1. The van der Waals surface area contributed by atoms with Crippen LogP contribution in [-0.2, 0) is 0 Å². The van der Waals surface area contributed by atoms with E-state index in [0.29, 0.717) is 5.75 Å². The van der Waals surface area contributed by atoms with Crippen LogP contribution in [0, 0.1) is 0 Å². The van der Waals surface area contributed by atoms with Gasteiger partial charge in [-0.3, -0.25) is 4.79 Å². The molecule has 1 aromatic carbocycles. The van der Waals surface area contributed by atoms with E-state index in [4.69, 9.17) is 10.5 Å². The fraction of sp³-hybridized carbons (Fsp3) is 0.250. The molecule has 1 amide bonds. The van der Waals surface area contributed by atoms with Crippen molar-refractivity contribution in [3.8, 4) is 11.5 Å². The van der Waals surface area contributed by atoms with Gasteiger partial charge in [-0.05, 0) is 36.4 Å². The predicted octanol–water partition coefficient (Wildman–Crippen LogP) is 1.38. The minimum absolute atomic E-state index is 0.224. The van der Waals surface area contributed by atoms with Crippen LogP contribution in [-0.4, -0.2) is 37.1 Å². The van der Waals surface area contributed by atoms with Crippen LogP contribution in [0.3, 0.4) is 0 Å². The number of nitrogens with one attached hydrogen (secondary N) is 1. The van der Waals surface area contributed by atoms with Gasteiger partial charge in [0.25, 0.3) is 5.91 Å². The first kappa shape index (κ1) is 14.3. The van der Waals surface area contributed by atoms with Gasteiger partial charge >= 0.3 is 0 Å². The molecule has 0 unspecified atom stereocenters. The van der Waals surface area contributed by atoms with Crippen molar-refractivity contribution in [1.82, 2.24) is 10.3 Å². The Balaban J connectivity index is 1.66. The first-order valence-corrected chi connectivity index (χ1v) is 7.22. The number of hydrogen-bond donors (Lipinski definition) is 2. The summed E-state index contributed by atoms with van der Waals surface area (Å²) in [5, 5.41) is 3.33. The van der Waals surface area contributed by atoms with Gasteiger partial charge in [-0.25, -0.2) is 4.98 Å². The number of pyridine rings is 1. The standard InChI is InChI=1S/C16H18N4O2/c17-16(21)15-6-5-14(11-19-15)22-13-3-1-12(2-4-13)20-9-7-18-8-10-20/h1-6,11,18H,7-10H2,(H2,17,21). The number of nitrogens with two attached hydrogens (primary N) is 1.